The third-order valence-electron chi connectivity index (χ3n) is 9.45. The molecule has 0 fully saturated rings. The molecule has 0 saturated carbocycles. The predicted octanol–water partition coefficient (Wildman–Crippen LogP) is 1.06. The van der Waals surface area contributed by atoms with Crippen LogP contribution in [0.4, 0.5) is 5.69 Å². The first-order chi connectivity index (χ1) is 27.0. The summed E-state index contributed by atoms with van der Waals surface area (Å²) < 4.78 is 11.0. The van der Waals surface area contributed by atoms with Gasteiger partial charge in [0, 0.05) is 19.5 Å². The average Bonchev–Trinajstić information content (AvgIpc) is 3.19. The number of aldehydes is 1. The van der Waals surface area contributed by atoms with Gasteiger partial charge >= 0.3 is 5.69 Å². The van der Waals surface area contributed by atoms with Crippen molar-refractivity contribution in [2.45, 2.75) is 76.3 Å². The highest BCUT2D eigenvalue weighted by Crippen LogP contribution is 2.40. The number of phenolic OH excluding ortho intramolecular Hbond substituents is 1. The Kier molecular flexibility index (Phi) is 14.7. The van der Waals surface area contributed by atoms with Gasteiger partial charge in [0.2, 0.25) is 35.3 Å². The van der Waals surface area contributed by atoms with Crippen LogP contribution in [0.2, 0.25) is 0 Å². The smallest absolute Gasteiger partial charge is 0.314 e. The maximum absolute atomic E-state index is 13.8. The molecule has 18 heteroatoms. The molecule has 2 aliphatic heterocycles. The van der Waals surface area contributed by atoms with Gasteiger partial charge in [-0.05, 0) is 87.7 Å². The highest BCUT2D eigenvalue weighted by molar-refractivity contribution is 5.96. The number of nitro benzene ring substituents is 1. The molecule has 57 heavy (non-hydrogen) atoms. The Balaban J connectivity index is 1.69. The number of hydrogen-bond acceptors (Lipinski definition) is 12. The Morgan fingerprint density at radius 1 is 0.860 bits per heavy atom. The van der Waals surface area contributed by atoms with Crippen molar-refractivity contribution in [2.24, 2.45) is 0 Å². The highest BCUT2D eigenvalue weighted by Gasteiger charge is 2.33. The van der Waals surface area contributed by atoms with Crippen molar-refractivity contribution in [1.29, 1.82) is 0 Å². The van der Waals surface area contributed by atoms with E-state index in [1.807, 2.05) is 0 Å². The molecule has 0 radical (unpaired) electrons. The first kappa shape index (κ1) is 43.2. The van der Waals surface area contributed by atoms with Crippen molar-refractivity contribution in [3.05, 3.63) is 87.5 Å². The van der Waals surface area contributed by atoms with E-state index in [2.05, 4.69) is 26.6 Å². The molecule has 0 saturated heterocycles. The van der Waals surface area contributed by atoms with E-state index in [1.165, 1.54) is 60.2 Å². The molecule has 2 aliphatic rings. The summed E-state index contributed by atoms with van der Waals surface area (Å²) in [4.78, 5) is 91.7. The van der Waals surface area contributed by atoms with Crippen molar-refractivity contribution in [2.75, 3.05) is 21.2 Å². The maximum Gasteiger partial charge on any atom is 0.314 e. The van der Waals surface area contributed by atoms with Gasteiger partial charge in [0.1, 0.15) is 42.0 Å². The lowest BCUT2D eigenvalue weighted by Crippen LogP contribution is -2.58. The van der Waals surface area contributed by atoms with Crippen LogP contribution in [-0.4, -0.2) is 108 Å². The number of phenols is 1. The second-order valence-corrected chi connectivity index (χ2v) is 13.7. The lowest BCUT2D eigenvalue weighted by atomic mass is 10.0. The molecule has 0 spiro atoms. The number of aromatic hydroxyl groups is 1. The third kappa shape index (κ3) is 11.3. The fourth-order valence-corrected chi connectivity index (χ4v) is 6.06. The standard InChI is InChI=1S/C39H47N7O11/c1-21-35(49)43-23(3)39(53)45(5)32(17-25-7-11-28(56-6)12-8-25)38(52)42-22(2)36(50)44-27(20-47)15-24-9-13-29(14-10-24)57-33-19-26(16-30(40-4)37(51)41-21)18-31(34(33)48)46(54)55/h7-14,18-23,27,30,32,40,48H,15-17H2,1-6H3,(H,41,51)(H,42,52)(H,43,49)(H,44,50)/t21-,22+,23+,27+,30+,32+/m1/s1. The largest absolute Gasteiger partial charge is 0.499 e. The van der Waals surface area contributed by atoms with E-state index in [9.17, 15) is 44.0 Å². The number of nitro groups is 1. The normalized spacial score (nSPS) is 23.0. The predicted molar refractivity (Wildman–Crippen MR) is 206 cm³/mol. The maximum atomic E-state index is 13.8. The topological polar surface area (TPSA) is 248 Å². The van der Waals surface area contributed by atoms with Crippen molar-refractivity contribution in [3.63, 3.8) is 0 Å². The monoisotopic (exact) mass is 789 g/mol. The van der Waals surface area contributed by atoms with E-state index in [0.29, 0.717) is 23.2 Å². The van der Waals surface area contributed by atoms with Crippen LogP contribution in [0.5, 0.6) is 23.0 Å². The molecule has 6 N–H and O–H groups in total. The summed E-state index contributed by atoms with van der Waals surface area (Å²) in [6.45, 7) is 4.24. The van der Waals surface area contributed by atoms with Gasteiger partial charge in [0.05, 0.1) is 24.1 Å². The number of nitrogens with zero attached hydrogens (tertiary/aromatic N) is 2. The van der Waals surface area contributed by atoms with Crippen molar-refractivity contribution in [3.8, 4) is 23.0 Å². The molecule has 3 aromatic carbocycles. The van der Waals surface area contributed by atoms with Crippen molar-refractivity contribution < 1.29 is 48.3 Å². The number of ether oxygens (including phenoxy) is 2. The molecule has 5 rings (SSSR count). The number of methoxy groups -OCH3 is 1. The summed E-state index contributed by atoms with van der Waals surface area (Å²) in [7, 11) is 4.38. The Labute approximate surface area is 328 Å². The molecule has 0 aliphatic carbocycles. The second kappa shape index (κ2) is 19.3. The number of carbonyl (C=O) groups excluding carboxylic acids is 6. The summed E-state index contributed by atoms with van der Waals surface area (Å²) in [6, 6.07) is 8.82. The van der Waals surface area contributed by atoms with E-state index < -0.39 is 82.1 Å². The number of fused-ring (bicyclic) bond motifs is 19. The first-order valence-electron chi connectivity index (χ1n) is 18.1. The van der Waals surface area contributed by atoms with Crippen molar-refractivity contribution >= 4 is 41.5 Å². The summed E-state index contributed by atoms with van der Waals surface area (Å²) in [6.07, 6.45) is 0.493. The quantitative estimate of drug-likeness (QED) is 0.0889. The van der Waals surface area contributed by atoms with Gasteiger partial charge in [-0.2, -0.15) is 0 Å². The molecule has 4 bridgehead atoms. The van der Waals surface area contributed by atoms with Gasteiger partial charge < -0.3 is 50.9 Å². The summed E-state index contributed by atoms with van der Waals surface area (Å²) >= 11 is 0. The summed E-state index contributed by atoms with van der Waals surface area (Å²) in [5, 5.41) is 35.8. The summed E-state index contributed by atoms with van der Waals surface area (Å²) in [5.41, 5.74) is 0.837. The number of rotatable bonds is 6. The van der Waals surface area contributed by atoms with E-state index in [4.69, 9.17) is 9.47 Å². The number of hydrogen-bond donors (Lipinski definition) is 6. The molecule has 0 unspecified atom stereocenters. The van der Waals surface area contributed by atoms with Gasteiger partial charge in [-0.25, -0.2) is 0 Å². The zero-order valence-corrected chi connectivity index (χ0v) is 32.4. The minimum atomic E-state index is -1.18. The molecule has 304 valence electrons. The zero-order valence-electron chi connectivity index (χ0n) is 32.4. The third-order valence-corrected chi connectivity index (χ3v) is 9.45. The molecular formula is C39H47N7O11. The zero-order chi connectivity index (χ0) is 42.0. The number of likely N-dealkylation sites (N-methyl/N-ethyl adjacent to an activating group) is 2. The first-order valence-corrected chi connectivity index (χ1v) is 18.1. The van der Waals surface area contributed by atoms with Crippen LogP contribution in [-0.2, 0) is 48.0 Å². The lowest BCUT2D eigenvalue weighted by Gasteiger charge is -2.31. The second-order valence-electron chi connectivity index (χ2n) is 13.7. The van der Waals surface area contributed by atoms with Gasteiger partial charge in [-0.1, -0.05) is 24.3 Å². The molecular weight excluding hydrogens is 742 g/mol. The Morgan fingerprint density at radius 3 is 2.04 bits per heavy atom. The minimum Gasteiger partial charge on any atom is -0.499 e. The number of nitrogens with one attached hydrogen (secondary N) is 5. The van der Waals surface area contributed by atoms with Gasteiger partial charge in [0.15, 0.2) is 5.75 Å². The SMILES string of the molecule is CN[C@H]1Cc2cc(c(O)c([N+](=O)[O-])c2)Oc2ccc(cc2)C[C@@H](C=O)NC(=O)[C@H](C)NC(=O)[C@H](Cc2ccc(OC)cc2)N(C)C(=O)[C@H](C)NC(=O)[C@@H](C)NC1=O. The fourth-order valence-electron chi connectivity index (χ4n) is 6.06. The van der Waals surface area contributed by atoms with Crippen LogP contribution < -0.4 is 36.1 Å². The van der Waals surface area contributed by atoms with Gasteiger partial charge in [-0.3, -0.25) is 34.1 Å². The molecule has 6 atom stereocenters. The molecule has 5 amide bonds. The Hall–Kier alpha value is -6.56. The lowest BCUT2D eigenvalue weighted by molar-refractivity contribution is -0.386. The molecule has 2 heterocycles. The Morgan fingerprint density at radius 2 is 1.46 bits per heavy atom. The molecule has 0 aromatic heterocycles. The van der Waals surface area contributed by atoms with Gasteiger partial charge in [-0.15, -0.1) is 0 Å². The van der Waals surface area contributed by atoms with Crippen LogP contribution in [0.25, 0.3) is 0 Å². The average molecular weight is 790 g/mol. The molecule has 18 nitrogen and oxygen atoms in total. The van der Waals surface area contributed by atoms with Crippen LogP contribution in [0.15, 0.2) is 60.7 Å². The van der Waals surface area contributed by atoms with E-state index in [0.717, 1.165) is 11.0 Å². The van der Waals surface area contributed by atoms with E-state index >= 15 is 0 Å². The van der Waals surface area contributed by atoms with Crippen LogP contribution in [0.1, 0.15) is 37.5 Å². The van der Waals surface area contributed by atoms with Crippen molar-refractivity contribution in [1.82, 2.24) is 31.5 Å². The number of benzene rings is 3. The summed E-state index contributed by atoms with van der Waals surface area (Å²) in [5.74, 6) is -3.63. The van der Waals surface area contributed by atoms with Crippen LogP contribution in [0, 0.1) is 10.1 Å². The van der Waals surface area contributed by atoms with Crippen LogP contribution >= 0.6 is 0 Å². The highest BCUT2D eigenvalue weighted by atomic mass is 16.6. The molecule has 3 aromatic rings. The van der Waals surface area contributed by atoms with E-state index in [1.54, 1.807) is 36.4 Å². The van der Waals surface area contributed by atoms with E-state index in [-0.39, 0.29) is 36.3 Å². The Bertz CT molecular complexity index is 1970. The number of amides is 5. The number of carbonyl (C=O) groups is 6. The van der Waals surface area contributed by atoms with Gasteiger partial charge in [0.25, 0.3) is 0 Å². The van der Waals surface area contributed by atoms with Crippen LogP contribution in [0.3, 0.4) is 0 Å². The minimum absolute atomic E-state index is 0.0211. The fraction of sp³-hybridized carbons (Fsp3) is 0.385.